The molecule has 0 spiro atoms. The van der Waals surface area contributed by atoms with Crippen LogP contribution >= 0.6 is 24.0 Å². The molecule has 3 N–H and O–H groups in total. The second-order valence-corrected chi connectivity index (χ2v) is 6.59. The summed E-state index contributed by atoms with van der Waals surface area (Å²) >= 11 is 0. The molecule has 2 atom stereocenters. The lowest BCUT2D eigenvalue weighted by Crippen LogP contribution is -2.44. The van der Waals surface area contributed by atoms with Gasteiger partial charge in [0.05, 0.1) is 19.8 Å². The number of guanidine groups is 1. The largest absolute Gasteiger partial charge is 0.379 e. The molecule has 5 nitrogen and oxygen atoms in total. The molecule has 22 heavy (non-hydrogen) atoms. The van der Waals surface area contributed by atoms with Gasteiger partial charge in [-0.3, -0.25) is 9.89 Å². The summed E-state index contributed by atoms with van der Waals surface area (Å²) in [4.78, 5) is 6.89. The SMILES string of the molecule is CC(C)CCCC(C)NC(N)=NCC(C)N1CCOCC1.I. The van der Waals surface area contributed by atoms with E-state index in [4.69, 9.17) is 10.5 Å². The summed E-state index contributed by atoms with van der Waals surface area (Å²) in [6, 6.07) is 0.816. The number of hydrogen-bond donors (Lipinski definition) is 2. The van der Waals surface area contributed by atoms with E-state index in [-0.39, 0.29) is 24.0 Å². The molecule has 0 aliphatic carbocycles. The van der Waals surface area contributed by atoms with Gasteiger partial charge >= 0.3 is 0 Å². The van der Waals surface area contributed by atoms with Crippen molar-refractivity contribution < 1.29 is 4.74 Å². The van der Waals surface area contributed by atoms with Crippen LogP contribution in [0.15, 0.2) is 4.99 Å². The van der Waals surface area contributed by atoms with E-state index in [1.54, 1.807) is 0 Å². The number of halogens is 1. The van der Waals surface area contributed by atoms with Gasteiger partial charge in [0, 0.05) is 25.2 Å². The van der Waals surface area contributed by atoms with E-state index in [1.807, 2.05) is 0 Å². The lowest BCUT2D eigenvalue weighted by atomic mass is 10.0. The predicted molar refractivity (Wildman–Crippen MR) is 105 cm³/mol. The predicted octanol–water partition coefficient (Wildman–Crippen LogP) is 2.44. The Morgan fingerprint density at radius 2 is 1.82 bits per heavy atom. The average Bonchev–Trinajstić information content (AvgIpc) is 2.45. The summed E-state index contributed by atoms with van der Waals surface area (Å²) in [6.07, 6.45) is 3.66. The van der Waals surface area contributed by atoms with Crippen LogP contribution in [-0.2, 0) is 4.74 Å². The highest BCUT2D eigenvalue weighted by atomic mass is 127. The van der Waals surface area contributed by atoms with Gasteiger partial charge in [0.1, 0.15) is 0 Å². The van der Waals surface area contributed by atoms with Gasteiger partial charge < -0.3 is 15.8 Å². The standard InChI is InChI=1S/C16H34N4O.HI/c1-13(2)6-5-7-14(3)19-16(17)18-12-15(4)20-8-10-21-11-9-20;/h13-15H,5-12H2,1-4H3,(H3,17,18,19);1H. The summed E-state index contributed by atoms with van der Waals surface area (Å²) in [5.74, 6) is 1.35. The highest BCUT2D eigenvalue weighted by molar-refractivity contribution is 14.0. The van der Waals surface area contributed by atoms with Gasteiger partial charge in [-0.25, -0.2) is 0 Å². The quantitative estimate of drug-likeness (QED) is 0.356. The number of ether oxygens (including phenoxy) is 1. The molecular formula is C16H35IN4O. The maximum absolute atomic E-state index is 5.98. The van der Waals surface area contributed by atoms with Gasteiger partial charge in [-0.05, 0) is 26.2 Å². The number of rotatable bonds is 8. The van der Waals surface area contributed by atoms with Gasteiger partial charge in [-0.2, -0.15) is 0 Å². The maximum Gasteiger partial charge on any atom is 0.188 e. The van der Waals surface area contributed by atoms with Crippen LogP contribution in [0.1, 0.15) is 47.0 Å². The molecule has 0 aromatic rings. The third-order valence-electron chi connectivity index (χ3n) is 4.01. The highest BCUT2D eigenvalue weighted by Gasteiger charge is 2.16. The molecule has 0 amide bonds. The first-order valence-corrected chi connectivity index (χ1v) is 8.37. The Bertz CT molecular complexity index is 307. The van der Waals surface area contributed by atoms with Crippen molar-refractivity contribution in [2.24, 2.45) is 16.6 Å². The minimum absolute atomic E-state index is 0. The second-order valence-electron chi connectivity index (χ2n) is 6.59. The van der Waals surface area contributed by atoms with E-state index >= 15 is 0 Å². The van der Waals surface area contributed by atoms with E-state index in [9.17, 15) is 0 Å². The summed E-state index contributed by atoms with van der Waals surface area (Å²) < 4.78 is 5.37. The first kappa shape index (κ1) is 21.9. The fraction of sp³-hybridized carbons (Fsp3) is 0.938. The number of hydrogen-bond acceptors (Lipinski definition) is 3. The first-order chi connectivity index (χ1) is 9.99. The second kappa shape index (κ2) is 12.4. The van der Waals surface area contributed by atoms with E-state index in [0.29, 0.717) is 18.0 Å². The molecule has 1 fully saturated rings. The van der Waals surface area contributed by atoms with Crippen molar-refractivity contribution in [3.8, 4) is 0 Å². The first-order valence-electron chi connectivity index (χ1n) is 8.37. The van der Waals surface area contributed by atoms with Crippen LogP contribution in [0, 0.1) is 5.92 Å². The zero-order chi connectivity index (χ0) is 15.7. The van der Waals surface area contributed by atoms with Crippen LogP contribution in [0.3, 0.4) is 0 Å². The van der Waals surface area contributed by atoms with Crippen molar-refractivity contribution in [1.29, 1.82) is 0 Å². The Hall–Kier alpha value is -0.0800. The Morgan fingerprint density at radius 1 is 1.18 bits per heavy atom. The topological polar surface area (TPSA) is 62.9 Å². The molecular weight excluding hydrogens is 391 g/mol. The molecule has 1 saturated heterocycles. The van der Waals surface area contributed by atoms with Crippen molar-refractivity contribution in [3.63, 3.8) is 0 Å². The van der Waals surface area contributed by atoms with Gasteiger partial charge in [0.15, 0.2) is 5.96 Å². The van der Waals surface area contributed by atoms with Crippen molar-refractivity contribution in [2.45, 2.75) is 59.0 Å². The lowest BCUT2D eigenvalue weighted by Gasteiger charge is -2.31. The van der Waals surface area contributed by atoms with Crippen LogP contribution in [0.2, 0.25) is 0 Å². The Balaban J connectivity index is 0.00000441. The van der Waals surface area contributed by atoms with Crippen molar-refractivity contribution in [3.05, 3.63) is 0 Å². The lowest BCUT2D eigenvalue weighted by molar-refractivity contribution is 0.0220. The van der Waals surface area contributed by atoms with Crippen LogP contribution in [-0.4, -0.2) is 55.8 Å². The van der Waals surface area contributed by atoms with Crippen LogP contribution in [0.5, 0.6) is 0 Å². The number of nitrogens with zero attached hydrogens (tertiary/aromatic N) is 2. The van der Waals surface area contributed by atoms with E-state index < -0.39 is 0 Å². The summed E-state index contributed by atoms with van der Waals surface area (Å²) in [5.41, 5.74) is 5.98. The minimum atomic E-state index is 0. The molecule has 132 valence electrons. The van der Waals surface area contributed by atoms with Crippen molar-refractivity contribution in [2.75, 3.05) is 32.8 Å². The fourth-order valence-electron chi connectivity index (χ4n) is 2.57. The minimum Gasteiger partial charge on any atom is -0.379 e. The normalized spacial score (nSPS) is 19.6. The van der Waals surface area contributed by atoms with Gasteiger partial charge in [-0.15, -0.1) is 24.0 Å². The smallest absolute Gasteiger partial charge is 0.188 e. The van der Waals surface area contributed by atoms with Crippen LogP contribution < -0.4 is 11.1 Å². The summed E-state index contributed by atoms with van der Waals surface area (Å²) in [7, 11) is 0. The molecule has 0 radical (unpaired) electrons. The summed E-state index contributed by atoms with van der Waals surface area (Å²) in [5, 5.41) is 3.30. The Labute approximate surface area is 153 Å². The molecule has 0 aromatic heterocycles. The van der Waals surface area contributed by atoms with E-state index in [1.165, 1.54) is 12.8 Å². The zero-order valence-electron chi connectivity index (χ0n) is 14.7. The molecule has 1 heterocycles. The fourth-order valence-corrected chi connectivity index (χ4v) is 2.57. The average molecular weight is 426 g/mol. The third kappa shape index (κ3) is 9.84. The van der Waals surface area contributed by atoms with Gasteiger partial charge in [-0.1, -0.05) is 26.7 Å². The van der Waals surface area contributed by atoms with Crippen LogP contribution in [0.25, 0.3) is 0 Å². The van der Waals surface area contributed by atoms with Crippen molar-refractivity contribution >= 4 is 29.9 Å². The van der Waals surface area contributed by atoms with Gasteiger partial charge in [0.25, 0.3) is 0 Å². The molecule has 1 aliphatic rings. The number of nitrogens with one attached hydrogen (secondary N) is 1. The number of nitrogens with two attached hydrogens (primary N) is 1. The molecule has 2 unspecified atom stereocenters. The van der Waals surface area contributed by atoms with E-state index in [2.05, 4.69) is 42.9 Å². The number of aliphatic imine (C=N–C) groups is 1. The number of morpholine rings is 1. The third-order valence-corrected chi connectivity index (χ3v) is 4.01. The monoisotopic (exact) mass is 426 g/mol. The summed E-state index contributed by atoms with van der Waals surface area (Å²) in [6.45, 7) is 13.3. The van der Waals surface area contributed by atoms with Crippen molar-refractivity contribution in [1.82, 2.24) is 10.2 Å². The molecule has 0 aromatic carbocycles. The molecule has 6 heteroatoms. The van der Waals surface area contributed by atoms with Gasteiger partial charge in [0.2, 0.25) is 0 Å². The molecule has 1 aliphatic heterocycles. The zero-order valence-corrected chi connectivity index (χ0v) is 17.0. The molecule has 0 bridgehead atoms. The molecule has 1 rings (SSSR count). The molecule has 0 saturated carbocycles. The Morgan fingerprint density at radius 3 is 2.41 bits per heavy atom. The Kier molecular flexibility index (Phi) is 12.3. The highest BCUT2D eigenvalue weighted by Crippen LogP contribution is 2.08. The van der Waals surface area contributed by atoms with E-state index in [0.717, 1.165) is 45.2 Å². The maximum atomic E-state index is 5.98. The van der Waals surface area contributed by atoms with Crippen LogP contribution in [0.4, 0.5) is 0 Å².